The molecule has 1 aliphatic rings. The van der Waals surface area contributed by atoms with E-state index in [4.69, 9.17) is 4.74 Å². The van der Waals surface area contributed by atoms with Gasteiger partial charge in [-0.3, -0.25) is 4.79 Å². The molecule has 0 aromatic heterocycles. The predicted molar refractivity (Wildman–Crippen MR) is 43.5 cm³/mol. The van der Waals surface area contributed by atoms with Crippen LogP contribution in [0.4, 0.5) is 0 Å². The molecule has 0 aromatic rings. The third kappa shape index (κ3) is 1.13. The number of esters is 1. The maximum atomic E-state index is 11.3. The summed E-state index contributed by atoms with van der Waals surface area (Å²) in [7, 11) is 0. The largest absolute Gasteiger partial charge is 0.455 e. The minimum atomic E-state index is -0.682. The molecule has 1 heterocycles. The van der Waals surface area contributed by atoms with Gasteiger partial charge in [0.1, 0.15) is 6.10 Å². The molecule has 3 heteroatoms. The molecule has 3 nitrogen and oxygen atoms in total. The second kappa shape index (κ2) is 2.57. The highest BCUT2D eigenvalue weighted by Crippen LogP contribution is 2.35. The Labute approximate surface area is 72.1 Å². The van der Waals surface area contributed by atoms with Crippen LogP contribution in [0.1, 0.15) is 27.7 Å². The summed E-state index contributed by atoms with van der Waals surface area (Å²) in [5.41, 5.74) is -0.648. The van der Waals surface area contributed by atoms with E-state index in [-0.39, 0.29) is 12.0 Å². The third-order valence-electron chi connectivity index (χ3n) is 2.32. The van der Waals surface area contributed by atoms with Gasteiger partial charge in [-0.2, -0.15) is 0 Å². The number of ketones is 1. The van der Waals surface area contributed by atoms with Crippen LogP contribution in [0.25, 0.3) is 0 Å². The molecule has 1 atom stereocenters. The number of cyclic esters (lactones) is 1. The molecule has 0 amide bonds. The number of carbonyl (C=O) groups excluding carboxylic acids is 2. The zero-order valence-corrected chi connectivity index (χ0v) is 7.88. The average Bonchev–Trinajstić information content (AvgIpc) is 2.13. The van der Waals surface area contributed by atoms with Crippen LogP contribution in [0.3, 0.4) is 0 Å². The molecule has 1 fully saturated rings. The number of rotatable bonds is 1. The molecule has 0 N–H and O–H groups in total. The summed E-state index contributed by atoms with van der Waals surface area (Å²) in [5, 5.41) is 0. The Morgan fingerprint density at radius 2 is 1.83 bits per heavy atom. The van der Waals surface area contributed by atoms with Crippen molar-refractivity contribution in [2.75, 3.05) is 0 Å². The van der Waals surface area contributed by atoms with E-state index in [1.807, 2.05) is 13.8 Å². The summed E-state index contributed by atoms with van der Waals surface area (Å²) in [6.07, 6.45) is -0.266. The quantitative estimate of drug-likeness (QED) is 0.438. The Hall–Kier alpha value is -0.860. The molecule has 0 radical (unpaired) electrons. The van der Waals surface area contributed by atoms with Crippen molar-refractivity contribution in [3.63, 3.8) is 0 Å². The van der Waals surface area contributed by atoms with Crippen molar-refractivity contribution in [3.8, 4) is 0 Å². The van der Waals surface area contributed by atoms with Crippen molar-refractivity contribution < 1.29 is 14.3 Å². The van der Waals surface area contributed by atoms with Gasteiger partial charge < -0.3 is 4.74 Å². The molecular weight excluding hydrogens is 156 g/mol. The first kappa shape index (κ1) is 9.23. The Kier molecular flexibility index (Phi) is 1.98. The van der Waals surface area contributed by atoms with Crippen LogP contribution >= 0.6 is 0 Å². The summed E-state index contributed by atoms with van der Waals surface area (Å²) in [6, 6.07) is 0. The fourth-order valence-corrected chi connectivity index (χ4v) is 1.68. The molecule has 68 valence electrons. The first-order chi connectivity index (χ1) is 5.37. The summed E-state index contributed by atoms with van der Waals surface area (Å²) in [4.78, 5) is 22.2. The zero-order chi connectivity index (χ0) is 9.52. The predicted octanol–water partition coefficient (Wildman–Crippen LogP) is 1.16. The molecule has 0 saturated carbocycles. The molecular formula is C9H14O3. The number of Topliss-reactive ketones (excluding diaryl/α,β-unsaturated/α-hetero) is 1. The number of carbonyl (C=O) groups is 2. The molecule has 0 spiro atoms. The van der Waals surface area contributed by atoms with Crippen molar-refractivity contribution in [1.29, 1.82) is 0 Å². The van der Waals surface area contributed by atoms with Crippen LogP contribution in [-0.2, 0) is 14.3 Å². The van der Waals surface area contributed by atoms with Gasteiger partial charge in [0.25, 0.3) is 0 Å². The average molecular weight is 170 g/mol. The molecule has 12 heavy (non-hydrogen) atoms. The Morgan fingerprint density at radius 1 is 1.33 bits per heavy atom. The Morgan fingerprint density at radius 3 is 2.00 bits per heavy atom. The Balaban J connectivity index is 2.95. The van der Waals surface area contributed by atoms with Crippen molar-refractivity contribution in [3.05, 3.63) is 0 Å². The van der Waals surface area contributed by atoms with E-state index in [1.54, 1.807) is 13.8 Å². The molecule has 0 aromatic carbocycles. The summed E-state index contributed by atoms with van der Waals surface area (Å²) in [6.45, 7) is 7.40. The SMILES string of the molecule is CC(C)C1OC(=O)C(=O)C1(C)C. The number of hydrogen-bond donors (Lipinski definition) is 0. The van der Waals surface area contributed by atoms with Crippen molar-refractivity contribution in [1.82, 2.24) is 0 Å². The monoisotopic (exact) mass is 170 g/mol. The fourth-order valence-electron chi connectivity index (χ4n) is 1.68. The highest BCUT2D eigenvalue weighted by atomic mass is 16.6. The van der Waals surface area contributed by atoms with Gasteiger partial charge in [0.15, 0.2) is 0 Å². The molecule has 1 rings (SSSR count). The van der Waals surface area contributed by atoms with Gasteiger partial charge in [-0.05, 0) is 19.8 Å². The van der Waals surface area contributed by atoms with Crippen LogP contribution in [0, 0.1) is 11.3 Å². The second-order valence-electron chi connectivity index (χ2n) is 4.12. The summed E-state index contributed by atoms with van der Waals surface area (Å²) in [5.74, 6) is -0.893. The summed E-state index contributed by atoms with van der Waals surface area (Å²) < 4.78 is 4.96. The second-order valence-corrected chi connectivity index (χ2v) is 4.12. The van der Waals surface area contributed by atoms with Crippen molar-refractivity contribution in [2.45, 2.75) is 33.8 Å². The van der Waals surface area contributed by atoms with Gasteiger partial charge in [-0.1, -0.05) is 13.8 Å². The highest BCUT2D eigenvalue weighted by molar-refractivity contribution is 6.37. The lowest BCUT2D eigenvalue weighted by Gasteiger charge is -2.24. The van der Waals surface area contributed by atoms with E-state index in [0.717, 1.165) is 0 Å². The molecule has 1 saturated heterocycles. The van der Waals surface area contributed by atoms with Gasteiger partial charge in [0, 0.05) is 0 Å². The van der Waals surface area contributed by atoms with Gasteiger partial charge in [0.05, 0.1) is 5.41 Å². The molecule has 0 aliphatic carbocycles. The lowest BCUT2D eigenvalue weighted by Crippen LogP contribution is -2.34. The first-order valence-electron chi connectivity index (χ1n) is 4.12. The van der Waals surface area contributed by atoms with Crippen LogP contribution in [0.5, 0.6) is 0 Å². The van der Waals surface area contributed by atoms with Gasteiger partial charge in [-0.15, -0.1) is 0 Å². The highest BCUT2D eigenvalue weighted by Gasteiger charge is 2.51. The van der Waals surface area contributed by atoms with Crippen LogP contribution in [0.2, 0.25) is 0 Å². The Bertz CT molecular complexity index is 228. The first-order valence-corrected chi connectivity index (χ1v) is 4.12. The van der Waals surface area contributed by atoms with Gasteiger partial charge >= 0.3 is 5.97 Å². The minimum absolute atomic E-state index is 0.190. The summed E-state index contributed by atoms with van der Waals surface area (Å²) >= 11 is 0. The normalized spacial score (nSPS) is 27.9. The van der Waals surface area contributed by atoms with E-state index >= 15 is 0 Å². The number of hydrogen-bond acceptors (Lipinski definition) is 3. The van der Waals surface area contributed by atoms with Crippen LogP contribution in [0.15, 0.2) is 0 Å². The zero-order valence-electron chi connectivity index (χ0n) is 7.88. The topological polar surface area (TPSA) is 43.4 Å². The van der Waals surface area contributed by atoms with E-state index in [9.17, 15) is 9.59 Å². The molecule has 0 bridgehead atoms. The lowest BCUT2D eigenvalue weighted by molar-refractivity contribution is -0.149. The maximum Gasteiger partial charge on any atom is 0.375 e. The lowest BCUT2D eigenvalue weighted by atomic mass is 9.79. The van der Waals surface area contributed by atoms with Gasteiger partial charge in [0.2, 0.25) is 5.78 Å². The third-order valence-corrected chi connectivity index (χ3v) is 2.32. The van der Waals surface area contributed by atoms with E-state index < -0.39 is 17.2 Å². The van der Waals surface area contributed by atoms with Gasteiger partial charge in [-0.25, -0.2) is 4.79 Å². The molecule has 1 aliphatic heterocycles. The van der Waals surface area contributed by atoms with E-state index in [1.165, 1.54) is 0 Å². The maximum absolute atomic E-state index is 11.3. The van der Waals surface area contributed by atoms with Crippen molar-refractivity contribution in [2.24, 2.45) is 11.3 Å². The fraction of sp³-hybridized carbons (Fsp3) is 0.778. The molecule has 1 unspecified atom stereocenters. The number of ether oxygens (including phenoxy) is 1. The van der Waals surface area contributed by atoms with Crippen molar-refractivity contribution >= 4 is 11.8 Å². The van der Waals surface area contributed by atoms with Crippen LogP contribution in [-0.4, -0.2) is 17.9 Å². The van der Waals surface area contributed by atoms with E-state index in [0.29, 0.717) is 0 Å². The standard InChI is InChI=1S/C9H14O3/c1-5(2)7-9(3,4)6(10)8(11)12-7/h5,7H,1-4H3. The smallest absolute Gasteiger partial charge is 0.375 e. The van der Waals surface area contributed by atoms with Crippen LogP contribution < -0.4 is 0 Å². The minimum Gasteiger partial charge on any atom is -0.455 e. The van der Waals surface area contributed by atoms with E-state index in [2.05, 4.69) is 0 Å².